The number of carbonyl (C=O) groups is 1. The molecule has 1 atom stereocenters. The van der Waals surface area contributed by atoms with Crippen LogP contribution in [0.3, 0.4) is 0 Å². The van der Waals surface area contributed by atoms with Crippen molar-refractivity contribution in [2.24, 2.45) is 0 Å². The Kier molecular flexibility index (Phi) is 8.39. The van der Waals surface area contributed by atoms with Gasteiger partial charge in [-0.3, -0.25) is 4.79 Å². The van der Waals surface area contributed by atoms with E-state index in [1.807, 2.05) is 9.24 Å². The fraction of sp³-hybridized carbons (Fsp3) is 0.462. The minimum absolute atomic E-state index is 0.198. The van der Waals surface area contributed by atoms with Crippen LogP contribution in [0.25, 0.3) is 0 Å². The van der Waals surface area contributed by atoms with Crippen molar-refractivity contribution < 1.29 is 4.79 Å². The van der Waals surface area contributed by atoms with Crippen molar-refractivity contribution >= 4 is 67.3 Å². The summed E-state index contributed by atoms with van der Waals surface area (Å²) >= 11 is 19.5. The molecule has 0 amide bonds. The topological polar surface area (TPSA) is 17.1 Å². The van der Waals surface area contributed by atoms with E-state index in [-0.39, 0.29) is 16.1 Å². The second kappa shape index (κ2) is 8.94. The summed E-state index contributed by atoms with van der Waals surface area (Å²) in [4.78, 5) is 11.0. The second-order valence-corrected chi connectivity index (χ2v) is 6.54. The maximum atomic E-state index is 11.0. The zero-order chi connectivity index (χ0) is 14.4. The van der Waals surface area contributed by atoms with E-state index in [2.05, 4.69) is 17.7 Å². The van der Waals surface area contributed by atoms with Gasteiger partial charge in [0, 0.05) is 0 Å². The van der Waals surface area contributed by atoms with E-state index in [4.69, 9.17) is 34.8 Å². The third kappa shape index (κ3) is 5.97. The molecule has 2 rings (SSSR count). The number of hydrogen-bond acceptors (Lipinski definition) is 1. The first kappa shape index (κ1) is 17.8. The van der Waals surface area contributed by atoms with Crippen LogP contribution >= 0.6 is 44.0 Å². The number of halogens is 3. The van der Waals surface area contributed by atoms with Gasteiger partial charge in [0.15, 0.2) is 5.52 Å². The van der Waals surface area contributed by atoms with Crippen molar-refractivity contribution in [1.82, 2.24) is 0 Å². The summed E-state index contributed by atoms with van der Waals surface area (Å²) in [6.07, 6.45) is 7.44. The van der Waals surface area contributed by atoms with Crippen molar-refractivity contribution in [3.05, 3.63) is 32.8 Å². The molecule has 0 N–H and O–H groups in total. The maximum absolute atomic E-state index is 11.0. The molecule has 1 fully saturated rings. The van der Waals surface area contributed by atoms with Crippen molar-refractivity contribution in [1.29, 1.82) is 0 Å². The van der Waals surface area contributed by atoms with Gasteiger partial charge >= 0.3 is 54.4 Å². The SMILES string of the molecule is O=C(P)c1c(Cl)ccc(Cl)c1Cl.[Li][CH]1CCCCC1. The average Bonchev–Trinajstić information content (AvgIpc) is 2.36. The van der Waals surface area contributed by atoms with E-state index in [1.165, 1.54) is 38.2 Å². The monoisotopic (exact) mass is 330 g/mol. The Morgan fingerprint density at radius 1 is 1.11 bits per heavy atom. The molecule has 1 nitrogen and oxygen atoms in total. The molecule has 1 aliphatic carbocycles. The van der Waals surface area contributed by atoms with Crippen molar-refractivity contribution in [2.45, 2.75) is 36.7 Å². The minimum atomic E-state index is -0.271. The van der Waals surface area contributed by atoms with Gasteiger partial charge in [-0.05, 0) is 12.1 Å². The van der Waals surface area contributed by atoms with Gasteiger partial charge in [0.05, 0.1) is 20.6 Å². The van der Waals surface area contributed by atoms with Crippen LogP contribution in [-0.2, 0) is 0 Å². The fourth-order valence-electron chi connectivity index (χ4n) is 2.06. The van der Waals surface area contributed by atoms with Crippen LogP contribution in [0, 0.1) is 0 Å². The number of carbonyl (C=O) groups excluding carboxylic acids is 1. The molecular weight excluding hydrogens is 316 g/mol. The molecule has 0 spiro atoms. The Morgan fingerprint density at radius 2 is 1.63 bits per heavy atom. The van der Waals surface area contributed by atoms with Gasteiger partial charge in [-0.15, -0.1) is 0 Å². The standard InChI is InChI=1S/C7H4Cl3OP.C6H11.Li/c8-3-1-2-4(9)6(10)5(3)7(11)12;1-2-4-6-5-3-1;/h1-2H,12H2;1H,2-6H2;. The van der Waals surface area contributed by atoms with E-state index in [0.29, 0.717) is 10.0 Å². The normalized spacial score (nSPS) is 15.7. The third-order valence-corrected chi connectivity index (χ3v) is 4.59. The van der Waals surface area contributed by atoms with Gasteiger partial charge in [0.1, 0.15) is 0 Å². The summed E-state index contributed by atoms with van der Waals surface area (Å²) in [5.41, 5.74) is -0.0247. The molecule has 1 aromatic rings. The van der Waals surface area contributed by atoms with E-state index in [0.717, 1.165) is 4.59 Å². The van der Waals surface area contributed by atoms with Crippen LogP contribution in [0.15, 0.2) is 12.1 Å². The van der Waals surface area contributed by atoms with Crippen molar-refractivity contribution in [2.75, 3.05) is 0 Å². The first-order valence-corrected chi connectivity index (χ1v) is 8.08. The summed E-state index contributed by atoms with van der Waals surface area (Å²) in [7, 11) is 2.00. The molecule has 1 unspecified atom stereocenters. The summed E-state index contributed by atoms with van der Waals surface area (Å²) in [6.45, 7) is 0. The van der Waals surface area contributed by atoms with E-state index in [9.17, 15) is 4.79 Å². The van der Waals surface area contributed by atoms with Gasteiger partial charge in [-0.25, -0.2) is 0 Å². The van der Waals surface area contributed by atoms with Gasteiger partial charge < -0.3 is 0 Å². The average molecular weight is 332 g/mol. The molecule has 0 aromatic heterocycles. The third-order valence-electron chi connectivity index (χ3n) is 3.18. The summed E-state index contributed by atoms with van der Waals surface area (Å²) < 4.78 is 1.04. The molecule has 1 aliphatic rings. The molecule has 0 radical (unpaired) electrons. The molecular formula is C13H15Cl3LiOP. The van der Waals surface area contributed by atoms with Gasteiger partial charge in [0.2, 0.25) is 0 Å². The van der Waals surface area contributed by atoms with Crippen LogP contribution in [0.1, 0.15) is 42.5 Å². The summed E-state index contributed by atoms with van der Waals surface area (Å²) in [5.74, 6) is 0. The van der Waals surface area contributed by atoms with Crippen LogP contribution in [0.5, 0.6) is 0 Å². The van der Waals surface area contributed by atoms with Gasteiger partial charge in [0.25, 0.3) is 0 Å². The summed E-state index contributed by atoms with van der Waals surface area (Å²) in [5, 5.41) is 0.834. The van der Waals surface area contributed by atoms with E-state index >= 15 is 0 Å². The molecule has 6 heteroatoms. The van der Waals surface area contributed by atoms with Crippen LogP contribution in [0.4, 0.5) is 0 Å². The molecule has 0 bridgehead atoms. The first-order chi connectivity index (χ1) is 8.93. The molecule has 0 aliphatic heterocycles. The number of benzene rings is 1. The predicted octanol–water partition coefficient (Wildman–Crippen LogP) is 5.57. The first-order valence-electron chi connectivity index (χ1n) is 6.36. The van der Waals surface area contributed by atoms with Crippen molar-refractivity contribution in [3.8, 4) is 0 Å². The van der Waals surface area contributed by atoms with Crippen LogP contribution < -0.4 is 0 Å². The Balaban J connectivity index is 0.000000218. The summed E-state index contributed by atoms with van der Waals surface area (Å²) in [6, 6.07) is 3.08. The quantitative estimate of drug-likeness (QED) is 0.373. The number of hydrogen-bond donors (Lipinski definition) is 0. The van der Waals surface area contributed by atoms with E-state index < -0.39 is 0 Å². The van der Waals surface area contributed by atoms with Crippen LogP contribution in [-0.4, -0.2) is 23.2 Å². The van der Waals surface area contributed by atoms with E-state index in [1.54, 1.807) is 6.07 Å². The molecule has 100 valence electrons. The fourth-order valence-corrected chi connectivity index (χ4v) is 3.26. The van der Waals surface area contributed by atoms with Crippen molar-refractivity contribution in [3.63, 3.8) is 0 Å². The predicted molar refractivity (Wildman–Crippen MR) is 88.1 cm³/mol. The zero-order valence-corrected chi connectivity index (χ0v) is 14.3. The molecule has 1 saturated carbocycles. The Hall–Kier alpha value is 0.787. The molecule has 19 heavy (non-hydrogen) atoms. The number of rotatable bonds is 1. The molecule has 1 aromatic carbocycles. The van der Waals surface area contributed by atoms with Crippen LogP contribution in [0.2, 0.25) is 19.7 Å². The molecule has 0 saturated heterocycles. The second-order valence-electron chi connectivity index (χ2n) is 4.83. The zero-order valence-electron chi connectivity index (χ0n) is 10.9. The molecule has 0 heterocycles. The Labute approximate surface area is 141 Å². The van der Waals surface area contributed by atoms with Gasteiger partial charge in [-0.2, -0.15) is 0 Å². The van der Waals surface area contributed by atoms with Gasteiger partial charge in [-0.1, -0.05) is 44.0 Å². The Morgan fingerprint density at radius 3 is 2.00 bits per heavy atom. The Bertz CT molecular complexity index is 448.